The van der Waals surface area contributed by atoms with Crippen LogP contribution in [0.15, 0.2) is 29.4 Å². The van der Waals surface area contributed by atoms with Gasteiger partial charge in [0.15, 0.2) is 5.60 Å². The molecule has 2 unspecified atom stereocenters. The lowest BCUT2D eigenvalue weighted by molar-refractivity contribution is -0.128. The van der Waals surface area contributed by atoms with E-state index >= 15 is 0 Å². The van der Waals surface area contributed by atoms with Crippen molar-refractivity contribution in [3.05, 3.63) is 29.8 Å². The molecule has 2 atom stereocenters. The summed E-state index contributed by atoms with van der Waals surface area (Å²) in [7, 11) is 1.57. The molecule has 0 aliphatic carbocycles. The van der Waals surface area contributed by atoms with E-state index in [4.69, 9.17) is 14.3 Å². The van der Waals surface area contributed by atoms with Crippen LogP contribution >= 0.6 is 0 Å². The van der Waals surface area contributed by atoms with E-state index in [0.29, 0.717) is 36.5 Å². The summed E-state index contributed by atoms with van der Waals surface area (Å²) >= 11 is 0. The maximum atomic E-state index is 12.6. The highest BCUT2D eigenvalue weighted by Gasteiger charge is 2.50. The second-order valence-electron chi connectivity index (χ2n) is 7.09. The van der Waals surface area contributed by atoms with Crippen molar-refractivity contribution < 1.29 is 23.9 Å². The van der Waals surface area contributed by atoms with Crippen LogP contribution in [0.5, 0.6) is 5.75 Å². The Labute approximate surface area is 158 Å². The minimum atomic E-state index is -0.857. The third kappa shape index (κ3) is 4.21. The molecule has 2 N–H and O–H groups in total. The molecule has 1 fully saturated rings. The van der Waals surface area contributed by atoms with E-state index < -0.39 is 5.60 Å². The number of methoxy groups -OCH3 is 1. The molecule has 0 aromatic heterocycles. The second-order valence-corrected chi connectivity index (χ2v) is 7.09. The molecule has 146 valence electrons. The summed E-state index contributed by atoms with van der Waals surface area (Å²) in [6.45, 7) is 4.53. The third-order valence-electron chi connectivity index (χ3n) is 4.68. The van der Waals surface area contributed by atoms with Crippen molar-refractivity contribution in [1.29, 1.82) is 0 Å². The SMILES string of the molecule is COc1ccc(C(=O)NC2CCOCC23CC(C(=O)NC(C)C)=NO3)cc1. The lowest BCUT2D eigenvalue weighted by atomic mass is 9.85. The van der Waals surface area contributed by atoms with Gasteiger partial charge in [-0.25, -0.2) is 0 Å². The van der Waals surface area contributed by atoms with Gasteiger partial charge in [-0.2, -0.15) is 0 Å². The zero-order valence-corrected chi connectivity index (χ0v) is 15.8. The van der Waals surface area contributed by atoms with Crippen LogP contribution in [0.1, 0.15) is 37.0 Å². The molecule has 2 aliphatic heterocycles. The standard InChI is InChI=1S/C19H25N3O5/c1-12(2)20-18(24)15-10-19(27-22-15)11-26-9-8-16(19)21-17(23)13-4-6-14(25-3)7-5-13/h4-7,12,16H,8-11H2,1-3H3,(H,20,24)(H,21,23). The van der Waals surface area contributed by atoms with Gasteiger partial charge in [0, 0.05) is 24.6 Å². The molecule has 0 saturated carbocycles. The lowest BCUT2D eigenvalue weighted by Gasteiger charge is -2.38. The Bertz CT molecular complexity index is 731. The van der Waals surface area contributed by atoms with Gasteiger partial charge in [0.1, 0.15) is 11.5 Å². The predicted octanol–water partition coefficient (Wildman–Crippen LogP) is 1.25. The molecule has 2 amide bonds. The first-order valence-electron chi connectivity index (χ1n) is 9.02. The molecule has 2 heterocycles. The van der Waals surface area contributed by atoms with Gasteiger partial charge < -0.3 is 24.9 Å². The summed E-state index contributed by atoms with van der Waals surface area (Å²) in [5.74, 6) is 0.211. The van der Waals surface area contributed by atoms with Gasteiger partial charge >= 0.3 is 0 Å². The number of nitrogens with one attached hydrogen (secondary N) is 2. The number of oxime groups is 1. The molecule has 3 rings (SSSR count). The average Bonchev–Trinajstić information content (AvgIpc) is 3.08. The Morgan fingerprint density at radius 1 is 1.26 bits per heavy atom. The molecule has 1 saturated heterocycles. The van der Waals surface area contributed by atoms with Crippen molar-refractivity contribution in [1.82, 2.24) is 10.6 Å². The molecule has 8 nitrogen and oxygen atoms in total. The quantitative estimate of drug-likeness (QED) is 0.807. The highest BCUT2D eigenvalue weighted by Crippen LogP contribution is 2.33. The highest BCUT2D eigenvalue weighted by atomic mass is 16.7. The van der Waals surface area contributed by atoms with Crippen molar-refractivity contribution in [3.8, 4) is 5.75 Å². The van der Waals surface area contributed by atoms with E-state index in [-0.39, 0.29) is 30.5 Å². The van der Waals surface area contributed by atoms with Gasteiger partial charge in [-0.05, 0) is 44.5 Å². The van der Waals surface area contributed by atoms with Gasteiger partial charge in [-0.15, -0.1) is 0 Å². The Hall–Kier alpha value is -2.61. The van der Waals surface area contributed by atoms with Crippen LogP contribution in [0, 0.1) is 0 Å². The molecule has 8 heteroatoms. The molecular weight excluding hydrogens is 350 g/mol. The van der Waals surface area contributed by atoms with E-state index in [9.17, 15) is 9.59 Å². The molecule has 27 heavy (non-hydrogen) atoms. The van der Waals surface area contributed by atoms with E-state index in [0.717, 1.165) is 0 Å². The number of carbonyl (C=O) groups excluding carboxylic acids is 2. The van der Waals surface area contributed by atoms with Crippen LogP contribution in [0.25, 0.3) is 0 Å². The van der Waals surface area contributed by atoms with E-state index in [1.54, 1.807) is 31.4 Å². The fraction of sp³-hybridized carbons (Fsp3) is 0.526. The normalized spacial score (nSPS) is 24.3. The van der Waals surface area contributed by atoms with Crippen molar-refractivity contribution in [2.45, 2.75) is 44.4 Å². The topological polar surface area (TPSA) is 98.2 Å². The van der Waals surface area contributed by atoms with Crippen LogP contribution < -0.4 is 15.4 Å². The van der Waals surface area contributed by atoms with Crippen LogP contribution in [0.3, 0.4) is 0 Å². The molecule has 1 aromatic carbocycles. The molecule has 0 radical (unpaired) electrons. The first-order chi connectivity index (χ1) is 12.9. The monoisotopic (exact) mass is 375 g/mol. The number of ether oxygens (including phenoxy) is 2. The summed E-state index contributed by atoms with van der Waals surface area (Å²) in [6, 6.07) is 6.57. The minimum absolute atomic E-state index is 0.00456. The Balaban J connectivity index is 1.69. The number of hydrogen-bond acceptors (Lipinski definition) is 6. The van der Waals surface area contributed by atoms with Gasteiger partial charge in [0.25, 0.3) is 11.8 Å². The predicted molar refractivity (Wildman–Crippen MR) is 98.8 cm³/mol. The van der Waals surface area contributed by atoms with E-state index in [1.165, 1.54) is 0 Å². The van der Waals surface area contributed by atoms with Crippen molar-refractivity contribution in [2.75, 3.05) is 20.3 Å². The zero-order valence-electron chi connectivity index (χ0n) is 15.8. The van der Waals surface area contributed by atoms with Crippen LogP contribution in [-0.2, 0) is 14.4 Å². The largest absolute Gasteiger partial charge is 0.497 e. The number of carbonyl (C=O) groups is 2. The van der Waals surface area contributed by atoms with Crippen LogP contribution in [0.2, 0.25) is 0 Å². The van der Waals surface area contributed by atoms with Gasteiger partial charge in [-0.1, -0.05) is 5.16 Å². The number of rotatable bonds is 5. The van der Waals surface area contributed by atoms with E-state index in [2.05, 4.69) is 15.8 Å². The van der Waals surface area contributed by atoms with E-state index in [1.807, 2.05) is 13.8 Å². The molecule has 2 aliphatic rings. The Morgan fingerprint density at radius 3 is 2.67 bits per heavy atom. The smallest absolute Gasteiger partial charge is 0.269 e. The fourth-order valence-electron chi connectivity index (χ4n) is 3.22. The van der Waals surface area contributed by atoms with Gasteiger partial charge in [0.05, 0.1) is 19.8 Å². The second kappa shape index (κ2) is 7.96. The van der Waals surface area contributed by atoms with Crippen molar-refractivity contribution in [3.63, 3.8) is 0 Å². The molecule has 1 aromatic rings. The van der Waals surface area contributed by atoms with Crippen LogP contribution in [0.4, 0.5) is 0 Å². The summed E-state index contributed by atoms with van der Waals surface area (Å²) in [4.78, 5) is 30.5. The third-order valence-corrected chi connectivity index (χ3v) is 4.68. The van der Waals surface area contributed by atoms with Gasteiger partial charge in [-0.3, -0.25) is 9.59 Å². The number of hydrogen-bond donors (Lipinski definition) is 2. The molecule has 1 spiro atoms. The summed E-state index contributed by atoms with van der Waals surface area (Å²) in [6.07, 6.45) is 0.871. The lowest BCUT2D eigenvalue weighted by Crippen LogP contribution is -2.59. The number of nitrogens with zero attached hydrogens (tertiary/aromatic N) is 1. The molecular formula is C19H25N3O5. The van der Waals surface area contributed by atoms with Gasteiger partial charge in [0.2, 0.25) is 0 Å². The summed E-state index contributed by atoms with van der Waals surface area (Å²) in [5, 5.41) is 9.80. The Morgan fingerprint density at radius 2 is 2.00 bits per heavy atom. The van der Waals surface area contributed by atoms with Crippen molar-refractivity contribution >= 4 is 17.5 Å². The minimum Gasteiger partial charge on any atom is -0.497 e. The fourth-order valence-corrected chi connectivity index (χ4v) is 3.22. The maximum absolute atomic E-state index is 12.6. The Kier molecular flexibility index (Phi) is 5.65. The first-order valence-corrected chi connectivity index (χ1v) is 9.02. The maximum Gasteiger partial charge on any atom is 0.269 e. The number of benzene rings is 1. The summed E-state index contributed by atoms with van der Waals surface area (Å²) < 4.78 is 10.7. The first kappa shape index (κ1) is 19.2. The zero-order chi connectivity index (χ0) is 19.4. The average molecular weight is 375 g/mol. The molecule has 0 bridgehead atoms. The highest BCUT2D eigenvalue weighted by molar-refractivity contribution is 6.39. The van der Waals surface area contributed by atoms with Crippen LogP contribution in [-0.4, -0.2) is 55.5 Å². The summed E-state index contributed by atoms with van der Waals surface area (Å²) in [5.41, 5.74) is -0.0173. The number of amides is 2. The van der Waals surface area contributed by atoms with Crippen molar-refractivity contribution in [2.24, 2.45) is 5.16 Å².